The molecule has 0 aliphatic heterocycles. The van der Waals surface area contributed by atoms with Crippen LogP contribution in [0.15, 0.2) is 60.8 Å². The summed E-state index contributed by atoms with van der Waals surface area (Å²) in [6.07, 6.45) is 2.77. The summed E-state index contributed by atoms with van der Waals surface area (Å²) >= 11 is 0. The van der Waals surface area contributed by atoms with Crippen molar-refractivity contribution in [3.05, 3.63) is 83.4 Å². The van der Waals surface area contributed by atoms with Crippen LogP contribution in [0.4, 0.5) is 4.39 Å². The van der Waals surface area contributed by atoms with E-state index in [2.05, 4.69) is 29.4 Å². The molecule has 3 nitrogen and oxygen atoms in total. The minimum atomic E-state index is -0.204. The molecule has 3 rings (SSSR count). The van der Waals surface area contributed by atoms with Gasteiger partial charge in [0.05, 0.1) is 12.2 Å². The minimum absolute atomic E-state index is 0.204. The van der Waals surface area contributed by atoms with Crippen molar-refractivity contribution in [2.24, 2.45) is 0 Å². The van der Waals surface area contributed by atoms with Gasteiger partial charge in [0, 0.05) is 6.20 Å². The summed E-state index contributed by atoms with van der Waals surface area (Å²) in [6.45, 7) is 2.84. The van der Waals surface area contributed by atoms with Gasteiger partial charge in [-0.15, -0.1) is 5.10 Å². The van der Waals surface area contributed by atoms with Crippen molar-refractivity contribution in [1.29, 1.82) is 0 Å². The molecule has 112 valence electrons. The highest BCUT2D eigenvalue weighted by atomic mass is 19.1. The highest BCUT2D eigenvalue weighted by Crippen LogP contribution is 2.19. The lowest BCUT2D eigenvalue weighted by molar-refractivity contribution is 0.625. The van der Waals surface area contributed by atoms with Crippen molar-refractivity contribution in [3.63, 3.8) is 0 Å². The third-order valence-corrected chi connectivity index (χ3v) is 3.73. The van der Waals surface area contributed by atoms with Gasteiger partial charge < -0.3 is 0 Å². The predicted molar refractivity (Wildman–Crippen MR) is 84.1 cm³/mol. The third-order valence-electron chi connectivity index (χ3n) is 3.73. The van der Waals surface area contributed by atoms with E-state index in [1.165, 1.54) is 17.7 Å². The fraction of sp³-hybridized carbons (Fsp3) is 0.222. The van der Waals surface area contributed by atoms with Gasteiger partial charge in [0.15, 0.2) is 0 Å². The number of benzene rings is 2. The van der Waals surface area contributed by atoms with Gasteiger partial charge in [-0.2, -0.15) is 0 Å². The fourth-order valence-corrected chi connectivity index (χ4v) is 2.50. The summed E-state index contributed by atoms with van der Waals surface area (Å²) in [7, 11) is 0. The standard InChI is InChI=1S/C18H18FN3/c1-14(16-7-9-17(19)10-8-16)11-18-13-22(21-20-18)12-15-5-3-2-4-6-15/h2-10,13-14H,11-12H2,1H3. The molecule has 0 aliphatic rings. The van der Waals surface area contributed by atoms with E-state index >= 15 is 0 Å². The molecule has 1 heterocycles. The van der Waals surface area contributed by atoms with E-state index in [0.717, 1.165) is 24.2 Å². The summed E-state index contributed by atoms with van der Waals surface area (Å²) in [5, 5.41) is 8.41. The lowest BCUT2D eigenvalue weighted by Crippen LogP contribution is -2.00. The zero-order chi connectivity index (χ0) is 15.4. The number of hydrogen-bond donors (Lipinski definition) is 0. The smallest absolute Gasteiger partial charge is 0.123 e. The molecule has 0 spiro atoms. The monoisotopic (exact) mass is 295 g/mol. The van der Waals surface area contributed by atoms with Crippen molar-refractivity contribution in [3.8, 4) is 0 Å². The van der Waals surface area contributed by atoms with Gasteiger partial charge in [-0.25, -0.2) is 9.07 Å². The average Bonchev–Trinajstić information content (AvgIpc) is 2.96. The van der Waals surface area contributed by atoms with Crippen LogP contribution < -0.4 is 0 Å². The molecule has 0 fully saturated rings. The lowest BCUT2D eigenvalue weighted by Gasteiger charge is -2.09. The highest BCUT2D eigenvalue weighted by Gasteiger charge is 2.10. The van der Waals surface area contributed by atoms with Crippen LogP contribution in [-0.2, 0) is 13.0 Å². The quantitative estimate of drug-likeness (QED) is 0.716. The Morgan fingerprint density at radius 1 is 1.05 bits per heavy atom. The predicted octanol–water partition coefficient (Wildman–Crippen LogP) is 3.81. The van der Waals surface area contributed by atoms with Crippen LogP contribution in [0.2, 0.25) is 0 Å². The molecular weight excluding hydrogens is 277 g/mol. The first-order valence-electron chi connectivity index (χ1n) is 7.39. The summed E-state index contributed by atoms with van der Waals surface area (Å²) in [5.74, 6) is 0.0761. The van der Waals surface area contributed by atoms with Crippen LogP contribution in [-0.4, -0.2) is 15.0 Å². The van der Waals surface area contributed by atoms with E-state index in [1.54, 1.807) is 0 Å². The van der Waals surface area contributed by atoms with Crippen molar-refractivity contribution < 1.29 is 4.39 Å². The topological polar surface area (TPSA) is 30.7 Å². The number of aromatic nitrogens is 3. The molecule has 1 unspecified atom stereocenters. The van der Waals surface area contributed by atoms with Crippen LogP contribution in [0.5, 0.6) is 0 Å². The van der Waals surface area contributed by atoms with Crippen LogP contribution in [0, 0.1) is 5.82 Å². The second-order valence-corrected chi connectivity index (χ2v) is 5.55. The molecule has 0 bridgehead atoms. The van der Waals surface area contributed by atoms with E-state index < -0.39 is 0 Å². The van der Waals surface area contributed by atoms with Gasteiger partial charge in [-0.1, -0.05) is 54.6 Å². The largest absolute Gasteiger partial charge is 0.248 e. The molecule has 0 saturated heterocycles. The van der Waals surface area contributed by atoms with Crippen molar-refractivity contribution in [2.45, 2.75) is 25.8 Å². The molecule has 0 N–H and O–H groups in total. The normalized spacial score (nSPS) is 12.3. The molecule has 22 heavy (non-hydrogen) atoms. The lowest BCUT2D eigenvalue weighted by atomic mass is 9.96. The first-order valence-corrected chi connectivity index (χ1v) is 7.39. The molecule has 1 atom stereocenters. The Morgan fingerprint density at radius 2 is 1.77 bits per heavy atom. The SMILES string of the molecule is CC(Cc1cn(Cc2ccccc2)nn1)c1ccc(F)cc1. The Labute approximate surface area is 129 Å². The third kappa shape index (κ3) is 3.58. The Balaban J connectivity index is 1.65. The number of hydrogen-bond acceptors (Lipinski definition) is 2. The van der Waals surface area contributed by atoms with Gasteiger partial charge >= 0.3 is 0 Å². The van der Waals surface area contributed by atoms with E-state index in [1.807, 2.05) is 41.2 Å². The molecule has 2 aromatic carbocycles. The molecule has 0 aliphatic carbocycles. The molecule has 3 aromatic rings. The average molecular weight is 295 g/mol. The first kappa shape index (κ1) is 14.4. The molecule has 0 radical (unpaired) electrons. The van der Waals surface area contributed by atoms with E-state index in [9.17, 15) is 4.39 Å². The zero-order valence-corrected chi connectivity index (χ0v) is 12.5. The van der Waals surface area contributed by atoms with E-state index in [0.29, 0.717) is 0 Å². The first-order chi connectivity index (χ1) is 10.7. The molecule has 0 saturated carbocycles. The number of nitrogens with zero attached hydrogens (tertiary/aromatic N) is 3. The maximum atomic E-state index is 13.0. The van der Waals surface area contributed by atoms with Crippen LogP contribution in [0.3, 0.4) is 0 Å². The summed E-state index contributed by atoms with van der Waals surface area (Å²) in [5.41, 5.74) is 3.26. The summed E-state index contributed by atoms with van der Waals surface area (Å²) < 4.78 is 14.8. The van der Waals surface area contributed by atoms with E-state index in [4.69, 9.17) is 0 Å². The molecular formula is C18H18FN3. The summed E-state index contributed by atoms with van der Waals surface area (Å²) in [6, 6.07) is 16.8. The maximum absolute atomic E-state index is 13.0. The highest BCUT2D eigenvalue weighted by molar-refractivity contribution is 5.21. The second kappa shape index (κ2) is 6.52. The Hall–Kier alpha value is -2.49. The van der Waals surface area contributed by atoms with Gasteiger partial charge in [0.2, 0.25) is 0 Å². The maximum Gasteiger partial charge on any atom is 0.123 e. The van der Waals surface area contributed by atoms with Gasteiger partial charge in [-0.05, 0) is 35.6 Å². The van der Waals surface area contributed by atoms with Crippen molar-refractivity contribution >= 4 is 0 Å². The molecule has 1 aromatic heterocycles. The van der Waals surface area contributed by atoms with Crippen molar-refractivity contribution in [1.82, 2.24) is 15.0 Å². The second-order valence-electron chi connectivity index (χ2n) is 5.55. The zero-order valence-electron chi connectivity index (χ0n) is 12.5. The molecule has 4 heteroatoms. The fourth-order valence-electron chi connectivity index (χ4n) is 2.50. The number of rotatable bonds is 5. The van der Waals surface area contributed by atoms with Gasteiger partial charge in [0.25, 0.3) is 0 Å². The molecule has 0 amide bonds. The van der Waals surface area contributed by atoms with Gasteiger partial charge in [-0.3, -0.25) is 0 Å². The van der Waals surface area contributed by atoms with E-state index in [-0.39, 0.29) is 11.7 Å². The Bertz CT molecular complexity index is 720. The Morgan fingerprint density at radius 3 is 2.50 bits per heavy atom. The van der Waals surface area contributed by atoms with Crippen LogP contribution in [0.1, 0.15) is 29.7 Å². The van der Waals surface area contributed by atoms with Crippen LogP contribution in [0.25, 0.3) is 0 Å². The van der Waals surface area contributed by atoms with Crippen molar-refractivity contribution in [2.75, 3.05) is 0 Å². The van der Waals surface area contributed by atoms with Crippen LogP contribution >= 0.6 is 0 Å². The Kier molecular flexibility index (Phi) is 4.28. The summed E-state index contributed by atoms with van der Waals surface area (Å²) in [4.78, 5) is 0. The number of halogens is 1. The minimum Gasteiger partial charge on any atom is -0.248 e. The van der Waals surface area contributed by atoms with Gasteiger partial charge in [0.1, 0.15) is 5.82 Å².